The smallest absolute Gasteiger partial charge is 0.257 e. The molecule has 7 nitrogen and oxygen atoms in total. The number of H-pyrrole nitrogens is 1. The summed E-state index contributed by atoms with van der Waals surface area (Å²) in [6.07, 6.45) is 2.55. The molecule has 3 aromatic rings. The molecule has 1 aromatic heterocycles. The maximum Gasteiger partial charge on any atom is 0.257 e. The van der Waals surface area contributed by atoms with Crippen molar-refractivity contribution in [1.29, 1.82) is 0 Å². The van der Waals surface area contributed by atoms with Crippen LogP contribution in [0.15, 0.2) is 42.5 Å². The first-order valence-corrected chi connectivity index (χ1v) is 10.9. The van der Waals surface area contributed by atoms with Crippen molar-refractivity contribution in [3.05, 3.63) is 59.3 Å². The number of hydrogen-bond donors (Lipinski definition) is 3. The molecule has 7 heteroatoms. The fraction of sp³-hybridized carbons (Fsp3) is 0.333. The Hall–Kier alpha value is -3.32. The standard InChI is InChI=1S/C24H25N5O2/c1-28-20-7-3-2-5-16(20)24(31)29-12-10-15-17-13-14(26-22(30)19-6-4-11-25-19)8-9-18(17)27-21(15)23(28)29/h2-3,5,7-9,13,19,23,25,27H,4,6,10-12H2,1H3,(H,26,30). The minimum absolute atomic E-state index is 0.0293. The monoisotopic (exact) mass is 415 g/mol. The van der Waals surface area contributed by atoms with Gasteiger partial charge in [0, 0.05) is 30.2 Å². The summed E-state index contributed by atoms with van der Waals surface area (Å²) >= 11 is 0. The number of para-hydroxylation sites is 1. The number of nitrogens with one attached hydrogen (secondary N) is 3. The van der Waals surface area contributed by atoms with Crippen LogP contribution in [-0.2, 0) is 11.2 Å². The van der Waals surface area contributed by atoms with Crippen molar-refractivity contribution in [3.8, 4) is 0 Å². The van der Waals surface area contributed by atoms with E-state index in [1.54, 1.807) is 0 Å². The highest BCUT2D eigenvalue weighted by Gasteiger charge is 2.41. The van der Waals surface area contributed by atoms with Gasteiger partial charge in [-0.1, -0.05) is 12.1 Å². The van der Waals surface area contributed by atoms with Crippen LogP contribution in [0.4, 0.5) is 11.4 Å². The first kappa shape index (κ1) is 18.4. The van der Waals surface area contributed by atoms with Crippen molar-refractivity contribution < 1.29 is 9.59 Å². The van der Waals surface area contributed by atoms with Crippen molar-refractivity contribution >= 4 is 34.1 Å². The summed E-state index contributed by atoms with van der Waals surface area (Å²) in [5.41, 5.74) is 5.85. The molecule has 158 valence electrons. The lowest BCUT2D eigenvalue weighted by atomic mass is 9.96. The van der Waals surface area contributed by atoms with Crippen molar-refractivity contribution in [1.82, 2.24) is 15.2 Å². The van der Waals surface area contributed by atoms with Gasteiger partial charge in [-0.3, -0.25) is 9.59 Å². The molecular weight excluding hydrogens is 390 g/mol. The first-order chi connectivity index (χ1) is 15.1. The van der Waals surface area contributed by atoms with E-state index < -0.39 is 0 Å². The number of rotatable bonds is 2. The number of carbonyl (C=O) groups is 2. The molecule has 0 aliphatic carbocycles. The summed E-state index contributed by atoms with van der Waals surface area (Å²) in [6, 6.07) is 13.7. The molecule has 2 atom stereocenters. The largest absolute Gasteiger partial charge is 0.355 e. The molecule has 1 saturated heterocycles. The molecule has 1 fully saturated rings. The summed E-state index contributed by atoms with van der Waals surface area (Å²) in [7, 11) is 2.05. The summed E-state index contributed by atoms with van der Waals surface area (Å²) in [5, 5.41) is 7.43. The van der Waals surface area contributed by atoms with Crippen molar-refractivity contribution in [2.75, 3.05) is 30.4 Å². The predicted molar refractivity (Wildman–Crippen MR) is 120 cm³/mol. The highest BCUT2D eigenvalue weighted by molar-refractivity contribution is 6.03. The van der Waals surface area contributed by atoms with Crippen LogP contribution in [0.2, 0.25) is 0 Å². The molecule has 0 radical (unpaired) electrons. The second-order valence-corrected chi connectivity index (χ2v) is 8.67. The Morgan fingerprint density at radius 1 is 1.19 bits per heavy atom. The van der Waals surface area contributed by atoms with Crippen LogP contribution in [0.3, 0.4) is 0 Å². The Morgan fingerprint density at radius 2 is 2.06 bits per heavy atom. The third kappa shape index (κ3) is 2.76. The Kier molecular flexibility index (Phi) is 4.08. The highest BCUT2D eigenvalue weighted by Crippen LogP contribution is 2.43. The average molecular weight is 415 g/mol. The van der Waals surface area contributed by atoms with E-state index in [2.05, 4.69) is 26.6 Å². The van der Waals surface area contributed by atoms with Crippen LogP contribution in [0.1, 0.15) is 40.6 Å². The zero-order chi connectivity index (χ0) is 21.1. The lowest BCUT2D eigenvalue weighted by molar-refractivity contribution is -0.117. The second-order valence-electron chi connectivity index (χ2n) is 8.67. The Bertz CT molecular complexity index is 1210. The minimum atomic E-state index is -0.153. The molecule has 2 amide bonds. The molecule has 4 heterocycles. The number of fused-ring (bicyclic) bond motifs is 6. The highest BCUT2D eigenvalue weighted by atomic mass is 16.2. The third-order valence-electron chi connectivity index (χ3n) is 6.88. The Balaban J connectivity index is 1.38. The van der Waals surface area contributed by atoms with Crippen LogP contribution >= 0.6 is 0 Å². The van der Waals surface area contributed by atoms with E-state index >= 15 is 0 Å². The van der Waals surface area contributed by atoms with E-state index in [9.17, 15) is 9.59 Å². The van der Waals surface area contributed by atoms with Gasteiger partial charge < -0.3 is 25.4 Å². The molecular formula is C24H25N5O2. The fourth-order valence-electron chi connectivity index (χ4n) is 5.35. The van der Waals surface area contributed by atoms with Crippen LogP contribution in [-0.4, -0.2) is 47.9 Å². The second kappa shape index (κ2) is 6.85. The molecule has 0 saturated carbocycles. The number of amides is 2. The van der Waals surface area contributed by atoms with Gasteiger partial charge >= 0.3 is 0 Å². The molecule has 3 aliphatic rings. The number of carbonyl (C=O) groups excluding carboxylic acids is 2. The number of hydrogen-bond acceptors (Lipinski definition) is 4. The summed E-state index contributed by atoms with van der Waals surface area (Å²) < 4.78 is 0. The number of aromatic amines is 1. The minimum Gasteiger partial charge on any atom is -0.355 e. The van der Waals surface area contributed by atoms with Gasteiger partial charge in [-0.15, -0.1) is 0 Å². The number of anilines is 2. The summed E-state index contributed by atoms with van der Waals surface area (Å²) in [4.78, 5) is 33.4. The van der Waals surface area contributed by atoms with E-state index in [4.69, 9.17) is 0 Å². The van der Waals surface area contributed by atoms with Gasteiger partial charge in [0.05, 0.1) is 23.0 Å². The van der Waals surface area contributed by atoms with E-state index in [1.807, 2.05) is 48.3 Å². The molecule has 2 aromatic carbocycles. The van der Waals surface area contributed by atoms with Crippen molar-refractivity contribution in [3.63, 3.8) is 0 Å². The van der Waals surface area contributed by atoms with Crippen LogP contribution in [0, 0.1) is 0 Å². The lowest BCUT2D eigenvalue weighted by Crippen LogP contribution is -2.51. The predicted octanol–water partition coefficient (Wildman–Crippen LogP) is 3.01. The maximum atomic E-state index is 13.2. The average Bonchev–Trinajstić information content (AvgIpc) is 3.45. The quantitative estimate of drug-likeness (QED) is 0.601. The van der Waals surface area contributed by atoms with Gasteiger partial charge in [0.1, 0.15) is 6.17 Å². The summed E-state index contributed by atoms with van der Waals surface area (Å²) in [5.74, 6) is 0.113. The molecule has 0 bridgehead atoms. The number of nitrogens with zero attached hydrogens (tertiary/aromatic N) is 2. The first-order valence-electron chi connectivity index (χ1n) is 10.9. The molecule has 31 heavy (non-hydrogen) atoms. The van der Waals surface area contributed by atoms with Gasteiger partial charge in [0.2, 0.25) is 5.91 Å². The molecule has 2 unspecified atom stereocenters. The third-order valence-corrected chi connectivity index (χ3v) is 6.88. The van der Waals surface area contributed by atoms with Crippen LogP contribution < -0.4 is 15.5 Å². The molecule has 6 rings (SSSR count). The molecule has 3 N–H and O–H groups in total. The topological polar surface area (TPSA) is 80.5 Å². The van der Waals surface area contributed by atoms with Crippen molar-refractivity contribution in [2.24, 2.45) is 0 Å². The van der Waals surface area contributed by atoms with Gasteiger partial charge in [-0.25, -0.2) is 0 Å². The van der Waals surface area contributed by atoms with Crippen LogP contribution in [0.5, 0.6) is 0 Å². The van der Waals surface area contributed by atoms with Crippen LogP contribution in [0.25, 0.3) is 10.9 Å². The van der Waals surface area contributed by atoms with Gasteiger partial charge in [-0.2, -0.15) is 0 Å². The zero-order valence-electron chi connectivity index (χ0n) is 17.4. The number of aromatic nitrogens is 1. The Morgan fingerprint density at radius 3 is 2.90 bits per heavy atom. The van der Waals surface area contributed by atoms with Gasteiger partial charge in [-0.05, 0) is 61.7 Å². The van der Waals surface area contributed by atoms with Gasteiger partial charge in [0.25, 0.3) is 5.91 Å². The molecule has 3 aliphatic heterocycles. The maximum absolute atomic E-state index is 13.2. The molecule has 0 spiro atoms. The van der Waals surface area contributed by atoms with E-state index in [0.717, 1.165) is 59.3 Å². The van der Waals surface area contributed by atoms with E-state index in [-0.39, 0.29) is 24.0 Å². The van der Waals surface area contributed by atoms with E-state index in [0.29, 0.717) is 6.54 Å². The lowest BCUT2D eigenvalue weighted by Gasteiger charge is -2.46. The van der Waals surface area contributed by atoms with Gasteiger partial charge in [0.15, 0.2) is 0 Å². The fourth-order valence-corrected chi connectivity index (χ4v) is 5.35. The SMILES string of the molecule is CN1c2ccccc2C(=O)N2CCc3c([nH]c4ccc(NC(=O)C5CCCN5)cc34)C21. The zero-order valence-corrected chi connectivity index (χ0v) is 17.4. The van der Waals surface area contributed by atoms with Crippen molar-refractivity contribution in [2.45, 2.75) is 31.5 Å². The number of benzene rings is 2. The summed E-state index contributed by atoms with van der Waals surface area (Å²) in [6.45, 7) is 1.57. The van der Waals surface area contributed by atoms with E-state index in [1.165, 1.54) is 5.56 Å². The Labute approximate surface area is 180 Å². The normalized spacial score (nSPS) is 22.3.